The maximum Gasteiger partial charge on any atom is 0.223 e. The van der Waals surface area contributed by atoms with Crippen molar-refractivity contribution in [2.45, 2.75) is 39.2 Å². The first kappa shape index (κ1) is 20.8. The summed E-state index contributed by atoms with van der Waals surface area (Å²) in [5.41, 5.74) is 5.29. The number of morpholine rings is 1. The number of benzene rings is 1. The third-order valence-corrected chi connectivity index (χ3v) is 6.29. The lowest BCUT2D eigenvalue weighted by Gasteiger charge is -2.30. The predicted octanol–water partition coefficient (Wildman–Crippen LogP) is 3.17. The lowest BCUT2D eigenvalue weighted by Crippen LogP contribution is -2.37. The zero-order valence-corrected chi connectivity index (χ0v) is 18.6. The number of aryl methyl sites for hydroxylation is 1. The van der Waals surface area contributed by atoms with Gasteiger partial charge in [0.05, 0.1) is 30.0 Å². The maximum atomic E-state index is 12.7. The second-order valence-corrected chi connectivity index (χ2v) is 8.87. The van der Waals surface area contributed by atoms with Gasteiger partial charge in [-0.1, -0.05) is 12.1 Å². The van der Waals surface area contributed by atoms with E-state index in [4.69, 9.17) is 4.74 Å². The highest BCUT2D eigenvalue weighted by molar-refractivity contribution is 5.95. The summed E-state index contributed by atoms with van der Waals surface area (Å²) in [6.07, 6.45) is 3.97. The number of anilines is 3. The quantitative estimate of drug-likeness (QED) is 0.571. The van der Waals surface area contributed by atoms with Gasteiger partial charge >= 0.3 is 0 Å². The number of nitrogens with zero attached hydrogens (tertiary/aromatic N) is 3. The third-order valence-electron chi connectivity index (χ3n) is 6.29. The third kappa shape index (κ3) is 4.02. The van der Waals surface area contributed by atoms with Crippen molar-refractivity contribution >= 4 is 34.1 Å². The van der Waals surface area contributed by atoms with Crippen molar-refractivity contribution in [1.82, 2.24) is 20.3 Å². The highest BCUT2D eigenvalue weighted by Gasteiger charge is 2.29. The van der Waals surface area contributed by atoms with Crippen LogP contribution in [-0.2, 0) is 22.4 Å². The van der Waals surface area contributed by atoms with E-state index in [-0.39, 0.29) is 17.9 Å². The summed E-state index contributed by atoms with van der Waals surface area (Å²) in [4.78, 5) is 27.6. The molecule has 0 saturated carbocycles. The van der Waals surface area contributed by atoms with Crippen LogP contribution >= 0.6 is 0 Å². The number of amides is 1. The van der Waals surface area contributed by atoms with Gasteiger partial charge in [0, 0.05) is 30.7 Å². The zero-order valence-electron chi connectivity index (χ0n) is 18.6. The van der Waals surface area contributed by atoms with Crippen LogP contribution < -0.4 is 15.5 Å². The number of hydrogen-bond donors (Lipinski definition) is 3. The van der Waals surface area contributed by atoms with Crippen LogP contribution in [0.4, 0.5) is 17.2 Å². The van der Waals surface area contributed by atoms with Crippen LogP contribution in [-0.4, -0.2) is 53.2 Å². The Labute approximate surface area is 187 Å². The number of para-hydroxylation sites is 2. The largest absolute Gasteiger partial charge is 0.378 e. The highest BCUT2D eigenvalue weighted by atomic mass is 16.5. The van der Waals surface area contributed by atoms with E-state index in [0.29, 0.717) is 6.42 Å². The van der Waals surface area contributed by atoms with Gasteiger partial charge in [-0.25, -0.2) is 9.97 Å². The lowest BCUT2D eigenvalue weighted by molar-refractivity contribution is -0.125. The molecule has 1 saturated heterocycles. The van der Waals surface area contributed by atoms with Gasteiger partial charge in [-0.2, -0.15) is 0 Å². The number of ether oxygens (including phenoxy) is 1. The number of carbonyl (C=O) groups excluding carboxylic acids is 1. The molecule has 168 valence electrons. The normalized spacial score (nSPS) is 18.6. The summed E-state index contributed by atoms with van der Waals surface area (Å²) in [5.74, 6) is 0.875. The Morgan fingerprint density at radius 3 is 2.84 bits per heavy atom. The molecule has 0 bridgehead atoms. The number of aromatic nitrogens is 3. The van der Waals surface area contributed by atoms with Crippen LogP contribution in [0.1, 0.15) is 31.5 Å². The van der Waals surface area contributed by atoms with Gasteiger partial charge in [-0.3, -0.25) is 4.79 Å². The average Bonchev–Trinajstić information content (AvgIpc) is 3.18. The zero-order chi connectivity index (χ0) is 22.1. The van der Waals surface area contributed by atoms with Crippen molar-refractivity contribution in [1.29, 1.82) is 0 Å². The lowest BCUT2D eigenvalue weighted by atomic mass is 9.86. The molecule has 1 fully saturated rings. The Bertz CT molecular complexity index is 1120. The maximum absolute atomic E-state index is 12.7. The van der Waals surface area contributed by atoms with E-state index in [2.05, 4.69) is 48.7 Å². The molecular formula is C24H30N6O2. The topological polar surface area (TPSA) is 95.2 Å². The van der Waals surface area contributed by atoms with Gasteiger partial charge in [-0.05, 0) is 50.8 Å². The summed E-state index contributed by atoms with van der Waals surface area (Å²) >= 11 is 0. The Kier molecular flexibility index (Phi) is 5.70. The van der Waals surface area contributed by atoms with Crippen molar-refractivity contribution < 1.29 is 9.53 Å². The summed E-state index contributed by atoms with van der Waals surface area (Å²) in [6.45, 7) is 7.20. The second-order valence-electron chi connectivity index (χ2n) is 8.87. The predicted molar refractivity (Wildman–Crippen MR) is 125 cm³/mol. The molecule has 8 nitrogen and oxygen atoms in total. The van der Waals surface area contributed by atoms with Gasteiger partial charge in [0.25, 0.3) is 0 Å². The summed E-state index contributed by atoms with van der Waals surface area (Å²) in [7, 11) is 0. The van der Waals surface area contributed by atoms with Crippen molar-refractivity contribution in [3.63, 3.8) is 0 Å². The number of aromatic amines is 1. The standard InChI is InChI=1S/C24H30N6O2/c1-15(2)27-24(31)16-7-8-18-17(13-16)21-22(28-18)25-14-26-23(21)29-19-5-3-4-6-20(19)30-9-11-32-12-10-30/h3-6,14-16H,7-13H2,1-2H3,(H,27,31)(H2,25,26,28,29)/t16-/m0/s1. The molecule has 8 heteroatoms. The number of nitrogens with one attached hydrogen (secondary N) is 3. The summed E-state index contributed by atoms with van der Waals surface area (Å²) < 4.78 is 5.52. The Morgan fingerprint density at radius 2 is 2.03 bits per heavy atom. The molecule has 2 aromatic heterocycles. The fraction of sp³-hybridized carbons (Fsp3) is 0.458. The fourth-order valence-corrected chi connectivity index (χ4v) is 4.75. The summed E-state index contributed by atoms with van der Waals surface area (Å²) in [5, 5.41) is 7.63. The molecule has 1 aliphatic carbocycles. The highest BCUT2D eigenvalue weighted by Crippen LogP contribution is 2.37. The number of fused-ring (bicyclic) bond motifs is 3. The first-order valence-corrected chi connectivity index (χ1v) is 11.4. The van der Waals surface area contributed by atoms with Gasteiger partial charge in [0.15, 0.2) is 0 Å². The van der Waals surface area contributed by atoms with Crippen LogP contribution in [0.25, 0.3) is 11.0 Å². The minimum atomic E-state index is -0.0300. The minimum absolute atomic E-state index is 0.0300. The molecule has 0 unspecified atom stereocenters. The molecule has 0 spiro atoms. The van der Waals surface area contributed by atoms with Crippen LogP contribution in [0, 0.1) is 5.92 Å². The number of hydrogen-bond acceptors (Lipinski definition) is 6. The van der Waals surface area contributed by atoms with E-state index in [1.165, 1.54) is 5.69 Å². The molecule has 1 aromatic carbocycles. The average molecular weight is 435 g/mol. The van der Waals surface area contributed by atoms with Gasteiger partial charge < -0.3 is 25.3 Å². The van der Waals surface area contributed by atoms with E-state index >= 15 is 0 Å². The molecular weight excluding hydrogens is 404 g/mol. The van der Waals surface area contributed by atoms with E-state index in [1.54, 1.807) is 6.33 Å². The van der Waals surface area contributed by atoms with Crippen molar-refractivity contribution in [2.75, 3.05) is 36.5 Å². The van der Waals surface area contributed by atoms with E-state index in [9.17, 15) is 4.79 Å². The minimum Gasteiger partial charge on any atom is -0.378 e. The van der Waals surface area contributed by atoms with Crippen molar-refractivity contribution in [3.8, 4) is 0 Å². The second kappa shape index (κ2) is 8.78. The molecule has 1 amide bonds. The SMILES string of the molecule is CC(C)NC(=O)[C@H]1CCc2[nH]c3ncnc(Nc4ccccc4N4CCOCC4)c3c2C1. The van der Waals surface area contributed by atoms with Gasteiger partial charge in [-0.15, -0.1) is 0 Å². The number of carbonyl (C=O) groups is 1. The number of rotatable bonds is 5. The fourth-order valence-electron chi connectivity index (χ4n) is 4.75. The Balaban J connectivity index is 1.48. The van der Waals surface area contributed by atoms with Gasteiger partial charge in [0.2, 0.25) is 5.91 Å². The summed E-state index contributed by atoms with van der Waals surface area (Å²) in [6, 6.07) is 8.44. The molecule has 5 rings (SSSR count). The van der Waals surface area contributed by atoms with Crippen LogP contribution in [0.5, 0.6) is 0 Å². The Morgan fingerprint density at radius 1 is 1.22 bits per heavy atom. The van der Waals surface area contributed by atoms with Crippen LogP contribution in [0.2, 0.25) is 0 Å². The molecule has 0 radical (unpaired) electrons. The van der Waals surface area contributed by atoms with Crippen molar-refractivity contribution in [2.24, 2.45) is 5.92 Å². The molecule has 1 aliphatic heterocycles. The Hall–Kier alpha value is -3.13. The first-order chi connectivity index (χ1) is 15.6. The molecule has 3 N–H and O–H groups in total. The smallest absolute Gasteiger partial charge is 0.223 e. The van der Waals surface area contributed by atoms with Crippen molar-refractivity contribution in [3.05, 3.63) is 41.9 Å². The van der Waals surface area contributed by atoms with E-state index in [0.717, 1.165) is 72.9 Å². The molecule has 3 heterocycles. The van der Waals surface area contributed by atoms with Crippen LogP contribution in [0.3, 0.4) is 0 Å². The molecule has 32 heavy (non-hydrogen) atoms. The first-order valence-electron chi connectivity index (χ1n) is 11.4. The van der Waals surface area contributed by atoms with Gasteiger partial charge in [0.1, 0.15) is 17.8 Å². The molecule has 1 atom stereocenters. The van der Waals surface area contributed by atoms with E-state index in [1.807, 2.05) is 19.9 Å². The molecule has 3 aromatic rings. The monoisotopic (exact) mass is 434 g/mol. The van der Waals surface area contributed by atoms with Crippen LogP contribution in [0.15, 0.2) is 30.6 Å². The van der Waals surface area contributed by atoms with E-state index < -0.39 is 0 Å². The molecule has 2 aliphatic rings. The number of H-pyrrole nitrogens is 1.